The van der Waals surface area contributed by atoms with Gasteiger partial charge in [0.1, 0.15) is 12.6 Å². The van der Waals surface area contributed by atoms with Crippen molar-refractivity contribution < 1.29 is 31.2 Å². The molecule has 0 unspecified atom stereocenters. The van der Waals surface area contributed by atoms with Gasteiger partial charge in [-0.15, -0.1) is 0 Å². The van der Waals surface area contributed by atoms with Gasteiger partial charge in [0, 0.05) is 17.6 Å². The number of sulfonamides is 1. The average Bonchev–Trinajstić information content (AvgIpc) is 2.73. The molecule has 2 amide bonds. The van der Waals surface area contributed by atoms with Gasteiger partial charge in [0.05, 0.1) is 17.5 Å². The van der Waals surface area contributed by atoms with Crippen molar-refractivity contribution in [2.24, 2.45) is 0 Å². The zero-order valence-corrected chi connectivity index (χ0v) is 21.2. The minimum Gasteiger partial charge on any atom is -0.352 e. The van der Waals surface area contributed by atoms with Crippen molar-refractivity contribution in [1.82, 2.24) is 10.2 Å². The minimum absolute atomic E-state index is 0.0771. The van der Waals surface area contributed by atoms with Crippen LogP contribution in [0.25, 0.3) is 0 Å². The maximum Gasteiger partial charge on any atom is 0.416 e. The van der Waals surface area contributed by atoms with E-state index >= 15 is 0 Å². The van der Waals surface area contributed by atoms with Crippen molar-refractivity contribution in [1.29, 1.82) is 0 Å². The second-order valence-electron chi connectivity index (χ2n) is 8.31. The Bertz CT molecular complexity index is 1170. The van der Waals surface area contributed by atoms with Crippen LogP contribution in [-0.2, 0) is 32.3 Å². The number of anilines is 1. The first-order chi connectivity index (χ1) is 16.1. The van der Waals surface area contributed by atoms with E-state index in [1.807, 2.05) is 0 Å². The highest BCUT2D eigenvalue weighted by molar-refractivity contribution is 7.92. The summed E-state index contributed by atoms with van der Waals surface area (Å²) in [7, 11) is -4.16. The number of hydrogen-bond donors (Lipinski definition) is 1. The summed E-state index contributed by atoms with van der Waals surface area (Å²) in [6.07, 6.45) is -3.91. The minimum atomic E-state index is -4.70. The van der Waals surface area contributed by atoms with Crippen LogP contribution in [0.4, 0.5) is 18.9 Å². The van der Waals surface area contributed by atoms with Gasteiger partial charge in [-0.25, -0.2) is 8.42 Å². The number of nitrogens with zero attached hydrogens (tertiary/aromatic N) is 2. The lowest BCUT2D eigenvalue weighted by Gasteiger charge is -2.32. The molecule has 192 valence electrons. The Morgan fingerprint density at radius 3 is 2.23 bits per heavy atom. The number of carbonyl (C=O) groups is 2. The second kappa shape index (κ2) is 11.3. The van der Waals surface area contributed by atoms with E-state index in [9.17, 15) is 31.2 Å². The summed E-state index contributed by atoms with van der Waals surface area (Å²) in [6.45, 7) is 4.08. The molecule has 12 heteroatoms. The van der Waals surface area contributed by atoms with E-state index in [1.54, 1.807) is 38.1 Å². The summed E-state index contributed by atoms with van der Waals surface area (Å²) >= 11 is 6.03. The smallest absolute Gasteiger partial charge is 0.352 e. The third-order valence-corrected chi connectivity index (χ3v) is 6.36. The fourth-order valence-electron chi connectivity index (χ4n) is 3.27. The largest absolute Gasteiger partial charge is 0.416 e. The van der Waals surface area contributed by atoms with Crippen molar-refractivity contribution >= 4 is 39.1 Å². The van der Waals surface area contributed by atoms with Gasteiger partial charge in [0.2, 0.25) is 21.8 Å². The third kappa shape index (κ3) is 8.14. The molecule has 0 aliphatic rings. The van der Waals surface area contributed by atoms with Crippen LogP contribution in [0.1, 0.15) is 31.9 Å². The first-order valence-corrected chi connectivity index (χ1v) is 12.8. The predicted octanol–water partition coefficient (Wildman–Crippen LogP) is 4.07. The van der Waals surface area contributed by atoms with E-state index in [0.29, 0.717) is 21.0 Å². The van der Waals surface area contributed by atoms with Gasteiger partial charge in [-0.1, -0.05) is 29.8 Å². The summed E-state index contributed by atoms with van der Waals surface area (Å²) < 4.78 is 65.1. The van der Waals surface area contributed by atoms with E-state index in [4.69, 9.17) is 11.6 Å². The molecule has 1 N–H and O–H groups in total. The van der Waals surface area contributed by atoms with Crippen LogP contribution in [0.5, 0.6) is 0 Å². The van der Waals surface area contributed by atoms with Crippen molar-refractivity contribution in [3.05, 3.63) is 64.7 Å². The fourth-order valence-corrected chi connectivity index (χ4v) is 4.33. The molecule has 0 saturated carbocycles. The molecule has 0 heterocycles. The fraction of sp³-hybridized carbons (Fsp3) is 0.391. The maximum atomic E-state index is 13.4. The quantitative estimate of drug-likeness (QED) is 0.526. The van der Waals surface area contributed by atoms with E-state index in [2.05, 4.69) is 5.32 Å². The average molecular weight is 534 g/mol. The molecule has 0 spiro atoms. The standard InChI is InChI=1S/C23H27ClF3N3O4S/c1-15(2)28-22(32)16(3)29(13-17-7-5-9-19(24)11-17)21(31)14-30(35(4,33)34)20-10-6-8-18(12-20)23(25,26)27/h5-12,15-16H,13-14H2,1-4H3,(H,28,32)/t16-/m1/s1. The van der Waals surface area contributed by atoms with Gasteiger partial charge < -0.3 is 10.2 Å². The Kier molecular flexibility index (Phi) is 9.18. The molecule has 7 nitrogen and oxygen atoms in total. The third-order valence-electron chi connectivity index (χ3n) is 4.98. The molecule has 0 aromatic heterocycles. The Morgan fingerprint density at radius 1 is 1.06 bits per heavy atom. The molecule has 35 heavy (non-hydrogen) atoms. The summed E-state index contributed by atoms with van der Waals surface area (Å²) in [5, 5.41) is 3.10. The lowest BCUT2D eigenvalue weighted by atomic mass is 10.1. The predicted molar refractivity (Wildman–Crippen MR) is 128 cm³/mol. The summed E-state index contributed by atoms with van der Waals surface area (Å²) in [5.41, 5.74) is -0.797. The molecule has 0 saturated heterocycles. The molecule has 2 rings (SSSR count). The van der Waals surface area contributed by atoms with Gasteiger partial charge in [0.15, 0.2) is 0 Å². The van der Waals surface area contributed by atoms with Gasteiger partial charge in [0.25, 0.3) is 0 Å². The zero-order valence-electron chi connectivity index (χ0n) is 19.6. The Labute approximate surface area is 207 Å². The maximum absolute atomic E-state index is 13.4. The number of carbonyl (C=O) groups excluding carboxylic acids is 2. The number of amides is 2. The Balaban J connectivity index is 2.45. The molecule has 0 radical (unpaired) electrons. The number of halogens is 4. The highest BCUT2D eigenvalue weighted by Crippen LogP contribution is 2.32. The van der Waals surface area contributed by atoms with Crippen LogP contribution in [0, 0.1) is 0 Å². The van der Waals surface area contributed by atoms with E-state index in [0.717, 1.165) is 23.3 Å². The second-order valence-corrected chi connectivity index (χ2v) is 10.7. The van der Waals surface area contributed by atoms with Crippen LogP contribution in [0.15, 0.2) is 48.5 Å². The summed E-state index contributed by atoms with van der Waals surface area (Å²) in [6, 6.07) is 9.02. The first kappa shape index (κ1) is 28.4. The highest BCUT2D eigenvalue weighted by atomic mass is 35.5. The highest BCUT2D eigenvalue weighted by Gasteiger charge is 2.33. The molecule has 0 fully saturated rings. The molecular weight excluding hydrogens is 507 g/mol. The number of benzene rings is 2. The lowest BCUT2D eigenvalue weighted by molar-refractivity contribution is -0.139. The SMILES string of the molecule is CC(C)NC(=O)[C@@H](C)N(Cc1cccc(Cl)c1)C(=O)CN(c1cccc(C(F)(F)F)c1)S(C)(=O)=O. The molecular formula is C23H27ClF3N3O4S. The van der Waals surface area contributed by atoms with Crippen LogP contribution in [0.2, 0.25) is 5.02 Å². The zero-order chi connectivity index (χ0) is 26.6. The van der Waals surface area contributed by atoms with Crippen molar-refractivity contribution in [3.8, 4) is 0 Å². The van der Waals surface area contributed by atoms with Gasteiger partial charge >= 0.3 is 6.18 Å². The lowest BCUT2D eigenvalue weighted by Crippen LogP contribution is -2.52. The van der Waals surface area contributed by atoms with Crippen LogP contribution in [-0.4, -0.2) is 50.0 Å². The van der Waals surface area contributed by atoms with Crippen molar-refractivity contribution in [3.63, 3.8) is 0 Å². The number of alkyl halides is 3. The molecule has 2 aromatic rings. The van der Waals surface area contributed by atoms with Crippen molar-refractivity contribution in [2.45, 2.75) is 45.6 Å². The number of hydrogen-bond acceptors (Lipinski definition) is 4. The Morgan fingerprint density at radius 2 is 1.69 bits per heavy atom. The van der Waals surface area contributed by atoms with Crippen molar-refractivity contribution in [2.75, 3.05) is 17.1 Å². The van der Waals surface area contributed by atoms with E-state index in [1.165, 1.54) is 13.0 Å². The molecule has 2 aromatic carbocycles. The molecule has 0 aliphatic carbocycles. The van der Waals surface area contributed by atoms with E-state index < -0.39 is 46.2 Å². The van der Waals surface area contributed by atoms with Crippen LogP contribution < -0.4 is 9.62 Å². The van der Waals surface area contributed by atoms with Gasteiger partial charge in [-0.05, 0) is 56.7 Å². The monoisotopic (exact) mass is 533 g/mol. The normalized spacial score (nSPS) is 12.8. The number of rotatable bonds is 9. The van der Waals surface area contributed by atoms with E-state index in [-0.39, 0.29) is 18.3 Å². The Hall–Kier alpha value is -2.79. The first-order valence-electron chi connectivity index (χ1n) is 10.6. The summed E-state index contributed by atoms with van der Waals surface area (Å²) in [4.78, 5) is 27.2. The molecule has 0 aliphatic heterocycles. The molecule has 1 atom stereocenters. The summed E-state index contributed by atoms with van der Waals surface area (Å²) in [5.74, 6) is -1.25. The van der Waals surface area contributed by atoms with Gasteiger partial charge in [-0.3, -0.25) is 13.9 Å². The van der Waals surface area contributed by atoms with Crippen LogP contribution >= 0.6 is 11.6 Å². The van der Waals surface area contributed by atoms with Gasteiger partial charge in [-0.2, -0.15) is 13.2 Å². The van der Waals surface area contributed by atoms with Crippen LogP contribution in [0.3, 0.4) is 0 Å². The topological polar surface area (TPSA) is 86.8 Å². The number of nitrogens with one attached hydrogen (secondary N) is 1. The molecule has 0 bridgehead atoms.